The zero-order valence-electron chi connectivity index (χ0n) is 14.2. The highest BCUT2D eigenvalue weighted by atomic mass is 16.2. The maximum absolute atomic E-state index is 12.8. The van der Waals surface area contributed by atoms with Gasteiger partial charge in [0.1, 0.15) is 5.82 Å². The first-order chi connectivity index (χ1) is 11.7. The standard InChI is InChI=1S/C19H24N4O/c1-14-12-21-18(15-4-2-5-15)23(14)17-6-3-11-22(13-17)19(24)16-7-9-20-10-8-16/h7-10,12,15,17H,2-6,11,13H2,1H3. The molecular formula is C19H24N4O. The van der Waals surface area contributed by atoms with Crippen molar-refractivity contribution in [2.24, 2.45) is 0 Å². The van der Waals surface area contributed by atoms with Crippen molar-refractivity contribution in [1.29, 1.82) is 0 Å². The second-order valence-electron chi connectivity index (χ2n) is 7.04. The summed E-state index contributed by atoms with van der Waals surface area (Å²) in [4.78, 5) is 23.4. The van der Waals surface area contributed by atoms with E-state index in [9.17, 15) is 4.79 Å². The summed E-state index contributed by atoms with van der Waals surface area (Å²) in [6.07, 6.45) is 11.4. The molecule has 3 heterocycles. The van der Waals surface area contributed by atoms with Crippen molar-refractivity contribution in [3.8, 4) is 0 Å². The molecular weight excluding hydrogens is 300 g/mol. The van der Waals surface area contributed by atoms with Crippen LogP contribution in [0.5, 0.6) is 0 Å². The Hall–Kier alpha value is -2.17. The number of carbonyl (C=O) groups is 1. The van der Waals surface area contributed by atoms with Crippen LogP contribution < -0.4 is 0 Å². The molecule has 1 unspecified atom stereocenters. The van der Waals surface area contributed by atoms with E-state index >= 15 is 0 Å². The van der Waals surface area contributed by atoms with E-state index in [-0.39, 0.29) is 5.91 Å². The van der Waals surface area contributed by atoms with Crippen LogP contribution in [0.25, 0.3) is 0 Å². The van der Waals surface area contributed by atoms with E-state index in [1.165, 1.54) is 30.8 Å². The molecule has 1 saturated carbocycles. The first-order valence-electron chi connectivity index (χ1n) is 8.97. The minimum Gasteiger partial charge on any atom is -0.337 e. The molecule has 5 nitrogen and oxygen atoms in total. The fourth-order valence-corrected chi connectivity index (χ4v) is 3.94. The average molecular weight is 324 g/mol. The first kappa shape index (κ1) is 15.4. The maximum Gasteiger partial charge on any atom is 0.254 e. The number of aryl methyl sites for hydroxylation is 1. The van der Waals surface area contributed by atoms with Crippen LogP contribution in [0.3, 0.4) is 0 Å². The summed E-state index contributed by atoms with van der Waals surface area (Å²) in [5, 5.41) is 0. The number of carbonyl (C=O) groups excluding carboxylic acids is 1. The van der Waals surface area contributed by atoms with Gasteiger partial charge in [0.15, 0.2) is 0 Å². The maximum atomic E-state index is 12.8. The molecule has 2 aromatic rings. The smallest absolute Gasteiger partial charge is 0.254 e. The fraction of sp³-hybridized carbons (Fsp3) is 0.526. The van der Waals surface area contributed by atoms with Gasteiger partial charge in [-0.25, -0.2) is 4.98 Å². The third-order valence-electron chi connectivity index (χ3n) is 5.46. The van der Waals surface area contributed by atoms with Gasteiger partial charge in [-0.15, -0.1) is 0 Å². The number of hydrogen-bond acceptors (Lipinski definition) is 3. The molecule has 2 aromatic heterocycles. The van der Waals surface area contributed by atoms with Gasteiger partial charge in [0.05, 0.1) is 6.04 Å². The molecule has 1 aliphatic carbocycles. The summed E-state index contributed by atoms with van der Waals surface area (Å²) >= 11 is 0. The van der Waals surface area contributed by atoms with Gasteiger partial charge in [0.2, 0.25) is 0 Å². The molecule has 5 heteroatoms. The Morgan fingerprint density at radius 2 is 1.96 bits per heavy atom. The van der Waals surface area contributed by atoms with Crippen LogP contribution in [0.15, 0.2) is 30.7 Å². The van der Waals surface area contributed by atoms with E-state index in [2.05, 4.69) is 16.5 Å². The quantitative estimate of drug-likeness (QED) is 0.870. The Kier molecular flexibility index (Phi) is 4.08. The zero-order chi connectivity index (χ0) is 16.5. The Morgan fingerprint density at radius 1 is 1.17 bits per heavy atom. The van der Waals surface area contributed by atoms with E-state index in [0.29, 0.717) is 12.0 Å². The fourth-order valence-electron chi connectivity index (χ4n) is 3.94. The Bertz CT molecular complexity index is 720. The molecule has 0 spiro atoms. The van der Waals surface area contributed by atoms with Crippen molar-refractivity contribution < 1.29 is 4.79 Å². The van der Waals surface area contributed by atoms with Crippen molar-refractivity contribution >= 4 is 5.91 Å². The van der Waals surface area contributed by atoms with Gasteiger partial charge >= 0.3 is 0 Å². The van der Waals surface area contributed by atoms with E-state index in [4.69, 9.17) is 4.98 Å². The average Bonchev–Trinajstić information content (AvgIpc) is 2.95. The summed E-state index contributed by atoms with van der Waals surface area (Å²) in [6, 6.07) is 3.95. The molecule has 4 rings (SSSR count). The predicted octanol–water partition coefficient (Wildman–Crippen LogP) is 3.33. The lowest BCUT2D eigenvalue weighted by Crippen LogP contribution is -2.41. The number of hydrogen-bond donors (Lipinski definition) is 0. The molecule has 0 aromatic carbocycles. The van der Waals surface area contributed by atoms with Gasteiger partial charge < -0.3 is 9.47 Å². The van der Waals surface area contributed by atoms with Crippen LogP contribution >= 0.6 is 0 Å². The molecule has 0 bridgehead atoms. The minimum absolute atomic E-state index is 0.116. The third-order valence-corrected chi connectivity index (χ3v) is 5.46. The third kappa shape index (κ3) is 2.72. The molecule has 1 saturated heterocycles. The van der Waals surface area contributed by atoms with Crippen molar-refractivity contribution in [2.45, 2.75) is 51.0 Å². The van der Waals surface area contributed by atoms with Crippen LogP contribution in [-0.2, 0) is 0 Å². The number of rotatable bonds is 3. The lowest BCUT2D eigenvalue weighted by molar-refractivity contribution is 0.0675. The minimum atomic E-state index is 0.116. The van der Waals surface area contributed by atoms with Gasteiger partial charge in [-0.2, -0.15) is 0 Å². The summed E-state index contributed by atoms with van der Waals surface area (Å²) in [6.45, 7) is 3.75. The summed E-state index contributed by atoms with van der Waals surface area (Å²) in [5.41, 5.74) is 1.95. The Balaban J connectivity index is 1.55. The van der Waals surface area contributed by atoms with Crippen molar-refractivity contribution in [3.05, 3.63) is 47.8 Å². The molecule has 24 heavy (non-hydrogen) atoms. The molecule has 0 N–H and O–H groups in total. The number of nitrogens with zero attached hydrogens (tertiary/aromatic N) is 4. The molecule has 126 valence electrons. The number of amides is 1. The van der Waals surface area contributed by atoms with Crippen molar-refractivity contribution in [3.63, 3.8) is 0 Å². The van der Waals surface area contributed by atoms with Gasteiger partial charge in [-0.3, -0.25) is 9.78 Å². The highest BCUT2D eigenvalue weighted by molar-refractivity contribution is 5.94. The van der Waals surface area contributed by atoms with E-state index < -0.39 is 0 Å². The lowest BCUT2D eigenvalue weighted by atomic mass is 9.84. The van der Waals surface area contributed by atoms with Crippen LogP contribution in [0.4, 0.5) is 0 Å². The van der Waals surface area contributed by atoms with Crippen LogP contribution in [0.2, 0.25) is 0 Å². The summed E-state index contributed by atoms with van der Waals surface area (Å²) in [5.74, 6) is 1.97. The molecule has 2 aliphatic rings. The largest absolute Gasteiger partial charge is 0.337 e. The summed E-state index contributed by atoms with van der Waals surface area (Å²) < 4.78 is 2.41. The molecule has 0 radical (unpaired) electrons. The SMILES string of the molecule is Cc1cnc(C2CCC2)n1C1CCCN(C(=O)c2ccncc2)C1. The van der Waals surface area contributed by atoms with Crippen LogP contribution in [0, 0.1) is 6.92 Å². The molecule has 2 fully saturated rings. The van der Waals surface area contributed by atoms with Crippen LogP contribution in [-0.4, -0.2) is 38.4 Å². The monoisotopic (exact) mass is 324 g/mol. The summed E-state index contributed by atoms with van der Waals surface area (Å²) in [7, 11) is 0. The van der Waals surface area contributed by atoms with Crippen molar-refractivity contribution in [2.75, 3.05) is 13.1 Å². The van der Waals surface area contributed by atoms with Crippen molar-refractivity contribution in [1.82, 2.24) is 19.4 Å². The van der Waals surface area contributed by atoms with E-state index in [1.54, 1.807) is 24.5 Å². The normalized spacial score (nSPS) is 21.5. The van der Waals surface area contributed by atoms with Gasteiger partial charge in [0.25, 0.3) is 5.91 Å². The molecule has 1 aliphatic heterocycles. The van der Waals surface area contributed by atoms with Gasteiger partial charge in [-0.1, -0.05) is 6.42 Å². The van der Waals surface area contributed by atoms with Gasteiger partial charge in [0, 0.05) is 48.9 Å². The number of imidazole rings is 1. The van der Waals surface area contributed by atoms with E-state index in [0.717, 1.165) is 31.5 Å². The van der Waals surface area contributed by atoms with E-state index in [1.807, 2.05) is 11.1 Å². The number of piperidine rings is 1. The topological polar surface area (TPSA) is 51.0 Å². The zero-order valence-corrected chi connectivity index (χ0v) is 14.2. The second-order valence-corrected chi connectivity index (χ2v) is 7.04. The Labute approximate surface area is 142 Å². The van der Waals surface area contributed by atoms with Crippen LogP contribution in [0.1, 0.15) is 65.9 Å². The molecule has 1 atom stereocenters. The lowest BCUT2D eigenvalue weighted by Gasteiger charge is -2.36. The van der Waals surface area contributed by atoms with Gasteiger partial charge in [-0.05, 0) is 44.7 Å². The highest BCUT2D eigenvalue weighted by Gasteiger charge is 2.31. The number of pyridine rings is 1. The highest BCUT2D eigenvalue weighted by Crippen LogP contribution is 2.38. The first-order valence-corrected chi connectivity index (χ1v) is 8.97. The number of aromatic nitrogens is 3. The number of likely N-dealkylation sites (tertiary alicyclic amines) is 1. The predicted molar refractivity (Wildman–Crippen MR) is 92.0 cm³/mol. The second kappa shape index (κ2) is 6.38. The Morgan fingerprint density at radius 3 is 2.67 bits per heavy atom. The molecule has 1 amide bonds.